The van der Waals surface area contributed by atoms with Crippen molar-refractivity contribution < 1.29 is 24.0 Å². The van der Waals surface area contributed by atoms with Gasteiger partial charge in [0.2, 0.25) is 11.8 Å². The average Bonchev–Trinajstić information content (AvgIpc) is 2.78. The van der Waals surface area contributed by atoms with E-state index in [-0.39, 0.29) is 31.2 Å². The molecule has 4 amide bonds. The van der Waals surface area contributed by atoms with E-state index >= 15 is 0 Å². The highest BCUT2D eigenvalue weighted by Crippen LogP contribution is 2.06. The summed E-state index contributed by atoms with van der Waals surface area (Å²) in [6.07, 6.45) is 2.20. The zero-order valence-corrected chi connectivity index (χ0v) is 13.4. The standard InChI is InChI=1S/C15H21N3O5/c1-9(2)14(15(23)16-8-10(3)19)17-11(20)6-7-18-12(21)4-5-13(18)22/h4-5,9,14H,6-8H2,1-3H3,(H,16,23)(H,17,20). The van der Waals surface area contributed by atoms with Crippen LogP contribution in [0.25, 0.3) is 0 Å². The second-order valence-electron chi connectivity index (χ2n) is 5.62. The van der Waals surface area contributed by atoms with Crippen LogP contribution >= 0.6 is 0 Å². The largest absolute Gasteiger partial charge is 0.347 e. The van der Waals surface area contributed by atoms with Gasteiger partial charge in [0, 0.05) is 25.1 Å². The zero-order chi connectivity index (χ0) is 17.6. The minimum Gasteiger partial charge on any atom is -0.347 e. The summed E-state index contributed by atoms with van der Waals surface area (Å²) in [6, 6.07) is -0.787. The lowest BCUT2D eigenvalue weighted by atomic mass is 10.0. The fourth-order valence-electron chi connectivity index (χ4n) is 1.97. The van der Waals surface area contributed by atoms with Gasteiger partial charge in [0.05, 0.1) is 6.54 Å². The van der Waals surface area contributed by atoms with Gasteiger partial charge < -0.3 is 10.6 Å². The number of nitrogens with zero attached hydrogens (tertiary/aromatic N) is 1. The molecule has 0 saturated carbocycles. The minimum atomic E-state index is -0.787. The molecule has 0 bridgehead atoms. The van der Waals surface area contributed by atoms with Gasteiger partial charge in [0.15, 0.2) is 0 Å². The summed E-state index contributed by atoms with van der Waals surface area (Å²) in [5.74, 6) is -2.18. The van der Waals surface area contributed by atoms with Crippen LogP contribution in [0.4, 0.5) is 0 Å². The number of carbonyl (C=O) groups excluding carboxylic acids is 5. The van der Waals surface area contributed by atoms with Crippen LogP contribution in [-0.4, -0.2) is 53.4 Å². The van der Waals surface area contributed by atoms with Crippen molar-refractivity contribution in [3.63, 3.8) is 0 Å². The van der Waals surface area contributed by atoms with E-state index in [9.17, 15) is 24.0 Å². The maximum absolute atomic E-state index is 12.0. The van der Waals surface area contributed by atoms with Crippen LogP contribution in [0, 0.1) is 5.92 Å². The van der Waals surface area contributed by atoms with Crippen molar-refractivity contribution in [2.45, 2.75) is 33.2 Å². The number of imide groups is 1. The highest BCUT2D eigenvalue weighted by molar-refractivity contribution is 6.13. The molecular formula is C15H21N3O5. The molecule has 0 saturated heterocycles. The van der Waals surface area contributed by atoms with Crippen LogP contribution in [0.5, 0.6) is 0 Å². The smallest absolute Gasteiger partial charge is 0.253 e. The number of amides is 4. The minimum absolute atomic E-state index is 0.0453. The zero-order valence-electron chi connectivity index (χ0n) is 13.4. The number of Topliss-reactive ketones (excluding diaryl/α,β-unsaturated/α-hetero) is 1. The van der Waals surface area contributed by atoms with Crippen molar-refractivity contribution in [1.29, 1.82) is 0 Å². The second kappa shape index (κ2) is 8.21. The van der Waals surface area contributed by atoms with Crippen molar-refractivity contribution in [3.8, 4) is 0 Å². The van der Waals surface area contributed by atoms with E-state index in [4.69, 9.17) is 0 Å². The molecule has 23 heavy (non-hydrogen) atoms. The van der Waals surface area contributed by atoms with E-state index in [1.54, 1.807) is 13.8 Å². The molecule has 8 heteroatoms. The molecule has 1 rings (SSSR count). The molecule has 0 fully saturated rings. The molecule has 1 aliphatic heterocycles. The number of rotatable bonds is 8. The van der Waals surface area contributed by atoms with Crippen molar-refractivity contribution in [2.75, 3.05) is 13.1 Å². The highest BCUT2D eigenvalue weighted by atomic mass is 16.2. The molecular weight excluding hydrogens is 302 g/mol. The molecule has 0 aromatic carbocycles. The number of nitrogens with one attached hydrogen (secondary N) is 2. The molecule has 1 unspecified atom stereocenters. The van der Waals surface area contributed by atoms with Crippen LogP contribution in [-0.2, 0) is 24.0 Å². The topological polar surface area (TPSA) is 113 Å². The molecule has 1 aliphatic rings. The monoisotopic (exact) mass is 323 g/mol. The summed E-state index contributed by atoms with van der Waals surface area (Å²) in [5.41, 5.74) is 0. The summed E-state index contributed by atoms with van der Waals surface area (Å²) < 4.78 is 0. The number of hydrogen-bond acceptors (Lipinski definition) is 5. The Labute approximate surface area is 134 Å². The molecule has 2 N–H and O–H groups in total. The average molecular weight is 323 g/mol. The van der Waals surface area contributed by atoms with Crippen LogP contribution in [0.1, 0.15) is 27.2 Å². The molecule has 0 aromatic heterocycles. The van der Waals surface area contributed by atoms with E-state index in [0.717, 1.165) is 17.1 Å². The third kappa shape index (κ3) is 5.65. The van der Waals surface area contributed by atoms with Gasteiger partial charge in [-0.2, -0.15) is 0 Å². The fraction of sp³-hybridized carbons (Fsp3) is 0.533. The first kappa shape index (κ1) is 18.5. The molecule has 1 heterocycles. The Morgan fingerprint density at radius 3 is 2.17 bits per heavy atom. The first-order valence-corrected chi connectivity index (χ1v) is 7.32. The molecule has 1 atom stereocenters. The summed E-state index contributed by atoms with van der Waals surface area (Å²) in [4.78, 5) is 58.5. The number of carbonyl (C=O) groups is 5. The van der Waals surface area contributed by atoms with Crippen LogP contribution in [0.2, 0.25) is 0 Å². The molecule has 0 radical (unpaired) electrons. The Bertz CT molecular complexity index is 535. The Kier molecular flexibility index (Phi) is 6.62. The Hall–Kier alpha value is -2.51. The summed E-state index contributed by atoms with van der Waals surface area (Å²) >= 11 is 0. The van der Waals surface area contributed by atoms with Crippen LogP contribution in [0.15, 0.2) is 12.2 Å². The maximum Gasteiger partial charge on any atom is 0.253 e. The van der Waals surface area contributed by atoms with Gasteiger partial charge in [0.1, 0.15) is 11.8 Å². The first-order valence-electron chi connectivity index (χ1n) is 7.32. The maximum atomic E-state index is 12.0. The van der Waals surface area contributed by atoms with Gasteiger partial charge in [0.25, 0.3) is 11.8 Å². The lowest BCUT2D eigenvalue weighted by Gasteiger charge is -2.22. The van der Waals surface area contributed by atoms with E-state index < -0.39 is 29.7 Å². The Morgan fingerprint density at radius 1 is 1.13 bits per heavy atom. The van der Waals surface area contributed by atoms with Crippen molar-refractivity contribution in [1.82, 2.24) is 15.5 Å². The van der Waals surface area contributed by atoms with Crippen molar-refractivity contribution in [3.05, 3.63) is 12.2 Å². The van der Waals surface area contributed by atoms with Crippen LogP contribution < -0.4 is 10.6 Å². The molecule has 0 aliphatic carbocycles. The van der Waals surface area contributed by atoms with Crippen molar-refractivity contribution in [2.24, 2.45) is 5.92 Å². The van der Waals surface area contributed by atoms with Crippen LogP contribution in [0.3, 0.4) is 0 Å². The van der Waals surface area contributed by atoms with E-state index in [0.29, 0.717) is 0 Å². The molecule has 0 spiro atoms. The highest BCUT2D eigenvalue weighted by Gasteiger charge is 2.26. The van der Waals surface area contributed by atoms with Gasteiger partial charge in [-0.3, -0.25) is 28.9 Å². The number of hydrogen-bond donors (Lipinski definition) is 2. The summed E-state index contributed by atoms with van der Waals surface area (Å²) in [6.45, 7) is 4.73. The van der Waals surface area contributed by atoms with E-state index in [2.05, 4.69) is 10.6 Å². The van der Waals surface area contributed by atoms with Gasteiger partial charge >= 0.3 is 0 Å². The SMILES string of the molecule is CC(=O)CNC(=O)C(NC(=O)CCN1C(=O)C=CC1=O)C(C)C. The molecule has 8 nitrogen and oxygen atoms in total. The predicted molar refractivity (Wildman–Crippen MR) is 80.9 cm³/mol. The van der Waals surface area contributed by atoms with Gasteiger partial charge in [-0.05, 0) is 12.8 Å². The second-order valence-corrected chi connectivity index (χ2v) is 5.62. The lowest BCUT2D eigenvalue weighted by Crippen LogP contribution is -2.51. The summed E-state index contributed by atoms with van der Waals surface area (Å²) in [7, 11) is 0. The quantitative estimate of drug-likeness (QED) is 0.565. The van der Waals surface area contributed by atoms with Gasteiger partial charge in [-0.1, -0.05) is 13.8 Å². The Balaban J connectivity index is 2.51. The predicted octanol–water partition coefficient (Wildman–Crippen LogP) is -0.852. The van der Waals surface area contributed by atoms with Gasteiger partial charge in [-0.25, -0.2) is 0 Å². The molecule has 126 valence electrons. The normalized spacial score (nSPS) is 15.0. The third-order valence-corrected chi connectivity index (χ3v) is 3.24. The summed E-state index contributed by atoms with van der Waals surface area (Å²) in [5, 5.41) is 5.01. The van der Waals surface area contributed by atoms with E-state index in [1.165, 1.54) is 6.92 Å². The lowest BCUT2D eigenvalue weighted by molar-refractivity contribution is -0.137. The van der Waals surface area contributed by atoms with Crippen molar-refractivity contribution >= 4 is 29.4 Å². The Morgan fingerprint density at radius 2 is 1.70 bits per heavy atom. The van der Waals surface area contributed by atoms with E-state index in [1.807, 2.05) is 0 Å². The fourth-order valence-corrected chi connectivity index (χ4v) is 1.97. The first-order chi connectivity index (χ1) is 10.7. The third-order valence-electron chi connectivity index (χ3n) is 3.24. The van der Waals surface area contributed by atoms with Gasteiger partial charge in [-0.15, -0.1) is 0 Å². The molecule has 0 aromatic rings. The number of ketones is 1.